The Balaban J connectivity index is -0.0000000417. The van der Waals surface area contributed by atoms with Crippen LogP contribution in [0, 0.1) is 11.3 Å². The van der Waals surface area contributed by atoms with E-state index < -0.39 is 0 Å². The van der Waals surface area contributed by atoms with Gasteiger partial charge in [-0.25, -0.2) is 0 Å². The van der Waals surface area contributed by atoms with Crippen LogP contribution < -0.4 is 34.0 Å². The largest absolute Gasteiger partial charge is 2.00 e. The molecular formula is C4H7Br2MgNO. The van der Waals surface area contributed by atoms with Crippen LogP contribution in [0.2, 0.25) is 0 Å². The maximum absolute atomic E-state index is 7.87. The van der Waals surface area contributed by atoms with Crippen LogP contribution in [0.3, 0.4) is 0 Å². The van der Waals surface area contributed by atoms with Crippen LogP contribution in [-0.4, -0.2) is 36.8 Å². The van der Waals surface area contributed by atoms with Crippen LogP contribution in [0.5, 0.6) is 0 Å². The van der Waals surface area contributed by atoms with Crippen molar-refractivity contribution in [2.75, 3.05) is 13.7 Å². The third-order valence-electron chi connectivity index (χ3n) is 0.418. The molecule has 50 valence electrons. The van der Waals surface area contributed by atoms with Gasteiger partial charge in [0, 0.05) is 7.11 Å². The Morgan fingerprint density at radius 2 is 1.89 bits per heavy atom. The van der Waals surface area contributed by atoms with Gasteiger partial charge in [-0.05, 0) is 0 Å². The predicted octanol–water partition coefficient (Wildman–Crippen LogP) is -5.83. The number of nitrogens with zero attached hydrogens (tertiary/aromatic N) is 1. The van der Waals surface area contributed by atoms with Gasteiger partial charge in [0.15, 0.2) is 0 Å². The van der Waals surface area contributed by atoms with Gasteiger partial charge in [-0.15, -0.1) is 0 Å². The molecule has 9 heavy (non-hydrogen) atoms. The SMILES string of the molecule is COCCC#N.[Br-].[Br-].[Mg+2]. The number of hydrogen-bond donors (Lipinski definition) is 0. The normalized spacial score (nSPS) is 4.89. The van der Waals surface area contributed by atoms with Gasteiger partial charge in [0.25, 0.3) is 0 Å². The van der Waals surface area contributed by atoms with Crippen molar-refractivity contribution in [1.29, 1.82) is 5.26 Å². The van der Waals surface area contributed by atoms with Gasteiger partial charge in [-0.2, -0.15) is 5.26 Å². The fourth-order valence-corrected chi connectivity index (χ4v) is 0.148. The van der Waals surface area contributed by atoms with Gasteiger partial charge in [0.2, 0.25) is 0 Å². The maximum atomic E-state index is 7.87. The van der Waals surface area contributed by atoms with Crippen LogP contribution in [-0.2, 0) is 4.74 Å². The van der Waals surface area contributed by atoms with Crippen LogP contribution in [0.25, 0.3) is 0 Å². The first-order valence-corrected chi connectivity index (χ1v) is 1.77. The minimum absolute atomic E-state index is 0. The number of hydrogen-bond acceptors (Lipinski definition) is 2. The first-order valence-electron chi connectivity index (χ1n) is 1.77. The number of nitriles is 1. The minimum Gasteiger partial charge on any atom is -1.00 e. The monoisotopic (exact) mass is 267 g/mol. The van der Waals surface area contributed by atoms with Crippen molar-refractivity contribution in [3.63, 3.8) is 0 Å². The second-order valence-electron chi connectivity index (χ2n) is 0.901. The summed E-state index contributed by atoms with van der Waals surface area (Å²) >= 11 is 0. The van der Waals surface area contributed by atoms with Gasteiger partial charge < -0.3 is 38.7 Å². The van der Waals surface area contributed by atoms with E-state index in [1.54, 1.807) is 7.11 Å². The second-order valence-corrected chi connectivity index (χ2v) is 0.901. The van der Waals surface area contributed by atoms with Crippen molar-refractivity contribution in [1.82, 2.24) is 0 Å². The summed E-state index contributed by atoms with van der Waals surface area (Å²) in [4.78, 5) is 0. The van der Waals surface area contributed by atoms with Crippen molar-refractivity contribution in [3.8, 4) is 6.07 Å². The number of rotatable bonds is 2. The average Bonchev–Trinajstić information content (AvgIpc) is 1.61. The zero-order chi connectivity index (χ0) is 4.83. The molecule has 0 aliphatic heterocycles. The van der Waals surface area contributed by atoms with Crippen molar-refractivity contribution in [2.24, 2.45) is 0 Å². The molecule has 0 aromatic heterocycles. The smallest absolute Gasteiger partial charge is 1.00 e. The molecule has 0 spiro atoms. The van der Waals surface area contributed by atoms with Crippen molar-refractivity contribution < 1.29 is 38.7 Å². The van der Waals surface area contributed by atoms with E-state index >= 15 is 0 Å². The summed E-state index contributed by atoms with van der Waals surface area (Å²) in [6.45, 7) is 0.552. The van der Waals surface area contributed by atoms with Gasteiger partial charge in [0.05, 0.1) is 19.1 Å². The molecule has 0 saturated carbocycles. The topological polar surface area (TPSA) is 33.0 Å². The van der Waals surface area contributed by atoms with E-state index in [1.807, 2.05) is 6.07 Å². The van der Waals surface area contributed by atoms with Gasteiger partial charge in [-0.3, -0.25) is 0 Å². The molecule has 0 bridgehead atoms. The Bertz CT molecular complexity index is 66.1. The third kappa shape index (κ3) is 27.1. The average molecular weight is 269 g/mol. The molecular weight excluding hydrogens is 262 g/mol. The number of halogens is 2. The quantitative estimate of drug-likeness (QED) is 0.370. The summed E-state index contributed by atoms with van der Waals surface area (Å²) in [6, 6.07) is 1.94. The molecule has 0 N–H and O–H groups in total. The Kier molecular flexibility index (Phi) is 57.1. The molecule has 0 heterocycles. The standard InChI is InChI=1S/C4H7NO.2BrH.Mg/c1-6-4-2-3-5;;;/h2,4H2,1H3;2*1H;/q;;;+2/p-2. The van der Waals surface area contributed by atoms with Crippen LogP contribution in [0.1, 0.15) is 6.42 Å². The summed E-state index contributed by atoms with van der Waals surface area (Å²) in [5.74, 6) is 0. The Morgan fingerprint density at radius 3 is 2.00 bits per heavy atom. The molecule has 0 aliphatic carbocycles. The van der Waals surface area contributed by atoms with Crippen LogP contribution >= 0.6 is 0 Å². The molecule has 0 saturated heterocycles. The molecule has 0 rings (SSSR count). The van der Waals surface area contributed by atoms with Crippen molar-refractivity contribution >= 4 is 23.1 Å². The summed E-state index contributed by atoms with van der Waals surface area (Å²) in [5, 5.41) is 7.87. The van der Waals surface area contributed by atoms with E-state index in [2.05, 4.69) is 4.74 Å². The Labute approximate surface area is 92.6 Å². The molecule has 0 aromatic carbocycles. The van der Waals surface area contributed by atoms with E-state index in [0.29, 0.717) is 13.0 Å². The Hall–Kier alpha value is 1.18. The van der Waals surface area contributed by atoms with Crippen LogP contribution in [0.4, 0.5) is 0 Å². The van der Waals surface area contributed by atoms with Gasteiger partial charge in [-0.1, -0.05) is 0 Å². The molecule has 5 heteroatoms. The van der Waals surface area contributed by atoms with Crippen molar-refractivity contribution in [2.45, 2.75) is 6.42 Å². The van der Waals surface area contributed by atoms with E-state index in [0.717, 1.165) is 0 Å². The molecule has 0 aromatic rings. The fourth-order valence-electron chi connectivity index (χ4n) is 0.148. The molecule has 0 aliphatic rings. The van der Waals surface area contributed by atoms with E-state index in [9.17, 15) is 0 Å². The first kappa shape index (κ1) is 22.5. The molecule has 0 fully saturated rings. The first-order chi connectivity index (χ1) is 2.91. The molecule has 0 unspecified atom stereocenters. The summed E-state index contributed by atoms with van der Waals surface area (Å²) in [5.41, 5.74) is 0. The molecule has 0 atom stereocenters. The molecule has 2 nitrogen and oxygen atoms in total. The number of methoxy groups -OCH3 is 1. The number of ether oxygens (including phenoxy) is 1. The van der Waals surface area contributed by atoms with Gasteiger partial charge >= 0.3 is 23.1 Å². The summed E-state index contributed by atoms with van der Waals surface area (Å²) < 4.78 is 4.56. The third-order valence-corrected chi connectivity index (χ3v) is 0.418. The van der Waals surface area contributed by atoms with Gasteiger partial charge in [0.1, 0.15) is 0 Å². The van der Waals surface area contributed by atoms with E-state index in [-0.39, 0.29) is 57.0 Å². The minimum atomic E-state index is 0. The second kappa shape index (κ2) is 22.9. The zero-order valence-electron chi connectivity index (χ0n) is 5.23. The zero-order valence-corrected chi connectivity index (χ0v) is 9.82. The van der Waals surface area contributed by atoms with Crippen LogP contribution in [0.15, 0.2) is 0 Å². The summed E-state index contributed by atoms with van der Waals surface area (Å²) in [6.07, 6.45) is 0.497. The summed E-state index contributed by atoms with van der Waals surface area (Å²) in [7, 11) is 1.58. The van der Waals surface area contributed by atoms with E-state index in [4.69, 9.17) is 5.26 Å². The molecule has 0 radical (unpaired) electrons. The van der Waals surface area contributed by atoms with Crippen molar-refractivity contribution in [3.05, 3.63) is 0 Å². The fraction of sp³-hybridized carbons (Fsp3) is 0.750. The Morgan fingerprint density at radius 1 is 1.44 bits per heavy atom. The van der Waals surface area contributed by atoms with E-state index in [1.165, 1.54) is 0 Å². The maximum Gasteiger partial charge on any atom is 2.00 e. The molecule has 0 amide bonds. The predicted molar refractivity (Wildman–Crippen MR) is 27.9 cm³/mol.